The van der Waals surface area contributed by atoms with E-state index in [-0.39, 0.29) is 6.54 Å². The van der Waals surface area contributed by atoms with Gasteiger partial charge >= 0.3 is 0 Å². The number of nitrogens with one attached hydrogen (secondary N) is 1. The molecule has 5 rings (SSSR count). The SMILES string of the molecule is Cc1[nH]c2ccccc2c1C(=O)C(=O)N(C)Cc1cn(-c2ccccc2)nc1-c1ccccc1. The summed E-state index contributed by atoms with van der Waals surface area (Å²) in [5.74, 6) is -1.08. The highest BCUT2D eigenvalue weighted by Crippen LogP contribution is 2.26. The van der Waals surface area contributed by atoms with E-state index in [0.717, 1.165) is 33.4 Å². The molecule has 0 saturated heterocycles. The van der Waals surface area contributed by atoms with Crippen molar-refractivity contribution in [3.05, 3.63) is 108 Å². The van der Waals surface area contributed by atoms with Gasteiger partial charge in [-0.25, -0.2) is 4.68 Å². The van der Waals surface area contributed by atoms with Crippen LogP contribution >= 0.6 is 0 Å². The lowest BCUT2D eigenvalue weighted by molar-refractivity contribution is -0.125. The Kier molecular flexibility index (Phi) is 5.55. The molecule has 1 N–H and O–H groups in total. The van der Waals surface area contributed by atoms with Gasteiger partial charge in [0.1, 0.15) is 0 Å². The van der Waals surface area contributed by atoms with Gasteiger partial charge in [-0.2, -0.15) is 5.10 Å². The molecule has 0 saturated carbocycles. The quantitative estimate of drug-likeness (QED) is 0.288. The maximum Gasteiger partial charge on any atom is 0.295 e. The number of benzene rings is 3. The number of Topliss-reactive ketones (excluding diaryl/α,β-unsaturated/α-hetero) is 1. The minimum Gasteiger partial charge on any atom is -0.358 e. The lowest BCUT2D eigenvalue weighted by Crippen LogP contribution is -2.33. The van der Waals surface area contributed by atoms with Crippen molar-refractivity contribution < 1.29 is 9.59 Å². The van der Waals surface area contributed by atoms with Gasteiger partial charge in [0.05, 0.1) is 16.9 Å². The summed E-state index contributed by atoms with van der Waals surface area (Å²) in [7, 11) is 1.65. The van der Waals surface area contributed by atoms with Crippen molar-refractivity contribution in [2.75, 3.05) is 7.05 Å². The maximum atomic E-state index is 13.2. The number of para-hydroxylation sites is 2. The van der Waals surface area contributed by atoms with Gasteiger partial charge in [-0.05, 0) is 25.1 Å². The number of fused-ring (bicyclic) bond motifs is 1. The zero-order valence-electron chi connectivity index (χ0n) is 19.0. The number of carbonyl (C=O) groups is 2. The number of amides is 1. The summed E-state index contributed by atoms with van der Waals surface area (Å²) in [5.41, 5.74) is 5.46. The number of hydrogen-bond acceptors (Lipinski definition) is 3. The smallest absolute Gasteiger partial charge is 0.295 e. The van der Waals surface area contributed by atoms with Crippen molar-refractivity contribution in [1.29, 1.82) is 0 Å². The van der Waals surface area contributed by atoms with Gasteiger partial charge in [-0.1, -0.05) is 66.7 Å². The van der Waals surface area contributed by atoms with Gasteiger partial charge in [0, 0.05) is 47.5 Å². The van der Waals surface area contributed by atoms with E-state index in [0.29, 0.717) is 11.3 Å². The van der Waals surface area contributed by atoms with Gasteiger partial charge in [0.15, 0.2) is 0 Å². The van der Waals surface area contributed by atoms with Crippen LogP contribution in [0.15, 0.2) is 91.1 Å². The van der Waals surface area contributed by atoms with Crippen molar-refractivity contribution >= 4 is 22.6 Å². The molecule has 6 nitrogen and oxygen atoms in total. The molecular formula is C28H24N4O2. The lowest BCUT2D eigenvalue weighted by atomic mass is 10.0. The Hall–Kier alpha value is -4.45. The monoisotopic (exact) mass is 448 g/mol. The van der Waals surface area contributed by atoms with E-state index in [1.54, 1.807) is 7.05 Å². The highest BCUT2D eigenvalue weighted by Gasteiger charge is 2.26. The Morgan fingerprint density at radius 3 is 2.29 bits per heavy atom. The van der Waals surface area contributed by atoms with Crippen LogP contribution in [0.1, 0.15) is 21.6 Å². The van der Waals surface area contributed by atoms with Crippen LogP contribution in [-0.4, -0.2) is 38.4 Å². The Labute approximate surface area is 197 Å². The average Bonchev–Trinajstić information content (AvgIpc) is 3.44. The van der Waals surface area contributed by atoms with Crippen molar-refractivity contribution in [3.8, 4) is 16.9 Å². The van der Waals surface area contributed by atoms with Crippen molar-refractivity contribution in [2.45, 2.75) is 13.5 Å². The van der Waals surface area contributed by atoms with Crippen LogP contribution in [0.25, 0.3) is 27.8 Å². The fraction of sp³-hybridized carbons (Fsp3) is 0.107. The second-order valence-corrected chi connectivity index (χ2v) is 8.31. The van der Waals surface area contributed by atoms with Crippen LogP contribution in [-0.2, 0) is 11.3 Å². The predicted octanol–water partition coefficient (Wildman–Crippen LogP) is 5.17. The summed E-state index contributed by atoms with van der Waals surface area (Å²) in [6, 6.07) is 27.2. The molecule has 0 aliphatic rings. The Bertz CT molecular complexity index is 1480. The Balaban J connectivity index is 1.47. The molecule has 0 fully saturated rings. The molecule has 168 valence electrons. The second kappa shape index (κ2) is 8.83. The molecule has 0 unspecified atom stereocenters. The largest absolute Gasteiger partial charge is 0.358 e. The van der Waals surface area contributed by atoms with Crippen molar-refractivity contribution in [3.63, 3.8) is 0 Å². The summed E-state index contributed by atoms with van der Waals surface area (Å²) < 4.78 is 1.81. The third-order valence-corrected chi connectivity index (χ3v) is 5.93. The molecule has 34 heavy (non-hydrogen) atoms. The maximum absolute atomic E-state index is 13.2. The van der Waals surface area contributed by atoms with Gasteiger partial charge in [0.2, 0.25) is 0 Å². The summed E-state index contributed by atoms with van der Waals surface area (Å²) in [4.78, 5) is 31.1. The van der Waals surface area contributed by atoms with E-state index >= 15 is 0 Å². The van der Waals surface area contributed by atoms with Crippen LogP contribution in [0.2, 0.25) is 0 Å². The van der Waals surface area contributed by atoms with E-state index in [9.17, 15) is 9.59 Å². The Morgan fingerprint density at radius 1 is 0.912 bits per heavy atom. The lowest BCUT2D eigenvalue weighted by Gasteiger charge is -2.16. The van der Waals surface area contributed by atoms with Gasteiger partial charge in [-0.3, -0.25) is 9.59 Å². The third kappa shape index (κ3) is 3.90. The topological polar surface area (TPSA) is 71.0 Å². The first-order chi connectivity index (χ1) is 16.5. The third-order valence-electron chi connectivity index (χ3n) is 5.93. The number of aromatic nitrogens is 3. The van der Waals surface area contributed by atoms with Crippen molar-refractivity contribution in [1.82, 2.24) is 19.7 Å². The molecular weight excluding hydrogens is 424 g/mol. The normalized spacial score (nSPS) is 11.0. The van der Waals surface area contributed by atoms with E-state index in [4.69, 9.17) is 5.10 Å². The standard InChI is InChI=1S/C28H24N4O2/c1-19-25(23-15-9-10-16-24(23)29-19)27(33)28(34)31(2)17-21-18-32(22-13-7-4-8-14-22)30-26(21)20-11-5-3-6-12-20/h3-16,18,29H,17H2,1-2H3. The summed E-state index contributed by atoms with van der Waals surface area (Å²) in [6.07, 6.45) is 1.92. The Morgan fingerprint density at radius 2 is 1.56 bits per heavy atom. The number of aryl methyl sites for hydroxylation is 1. The molecule has 1 amide bonds. The predicted molar refractivity (Wildman–Crippen MR) is 133 cm³/mol. The zero-order valence-corrected chi connectivity index (χ0v) is 19.0. The number of nitrogens with zero attached hydrogens (tertiary/aromatic N) is 3. The van der Waals surface area contributed by atoms with E-state index in [2.05, 4.69) is 4.98 Å². The number of H-pyrrole nitrogens is 1. The molecule has 3 aromatic carbocycles. The van der Waals surface area contributed by atoms with Gasteiger partial charge in [-0.15, -0.1) is 0 Å². The van der Waals surface area contributed by atoms with E-state index in [1.807, 2.05) is 103 Å². The number of ketones is 1. The van der Waals surface area contributed by atoms with Crippen LogP contribution in [0, 0.1) is 6.92 Å². The molecule has 2 aromatic heterocycles. The average molecular weight is 449 g/mol. The number of rotatable bonds is 6. The summed E-state index contributed by atoms with van der Waals surface area (Å²) in [5, 5.41) is 5.56. The minimum atomic E-state index is -0.556. The number of carbonyl (C=O) groups excluding carboxylic acids is 2. The zero-order chi connectivity index (χ0) is 23.7. The number of hydrogen-bond donors (Lipinski definition) is 1. The van der Waals surface area contributed by atoms with Crippen LogP contribution in [0.4, 0.5) is 0 Å². The molecule has 2 heterocycles. The fourth-order valence-corrected chi connectivity index (χ4v) is 4.25. The summed E-state index contributed by atoms with van der Waals surface area (Å²) in [6.45, 7) is 2.07. The molecule has 0 aliphatic heterocycles. The molecule has 0 spiro atoms. The molecule has 5 aromatic rings. The second-order valence-electron chi connectivity index (χ2n) is 8.31. The van der Waals surface area contributed by atoms with E-state index < -0.39 is 11.7 Å². The van der Waals surface area contributed by atoms with Crippen molar-refractivity contribution in [2.24, 2.45) is 0 Å². The van der Waals surface area contributed by atoms with Gasteiger partial charge in [0.25, 0.3) is 11.7 Å². The fourth-order valence-electron chi connectivity index (χ4n) is 4.25. The highest BCUT2D eigenvalue weighted by molar-refractivity contribution is 6.45. The molecule has 0 radical (unpaired) electrons. The highest BCUT2D eigenvalue weighted by atomic mass is 16.2. The summed E-state index contributed by atoms with van der Waals surface area (Å²) >= 11 is 0. The molecule has 0 atom stereocenters. The first kappa shape index (κ1) is 21.4. The number of aromatic amines is 1. The van der Waals surface area contributed by atoms with Crippen LogP contribution in [0.5, 0.6) is 0 Å². The molecule has 6 heteroatoms. The van der Waals surface area contributed by atoms with Crippen LogP contribution < -0.4 is 0 Å². The minimum absolute atomic E-state index is 0.253. The molecule has 0 aliphatic carbocycles. The van der Waals surface area contributed by atoms with Gasteiger partial charge < -0.3 is 9.88 Å². The van der Waals surface area contributed by atoms with Crippen LogP contribution in [0.3, 0.4) is 0 Å². The first-order valence-electron chi connectivity index (χ1n) is 11.1. The van der Waals surface area contributed by atoms with E-state index in [1.165, 1.54) is 4.90 Å². The first-order valence-corrected chi connectivity index (χ1v) is 11.1. The molecule has 0 bridgehead atoms. The number of likely N-dealkylation sites (N-methyl/N-ethyl adjacent to an activating group) is 1.